The number of carbonyl (C=O) groups is 2. The molecule has 136 valence electrons. The van der Waals surface area contributed by atoms with Gasteiger partial charge in [0.15, 0.2) is 0 Å². The van der Waals surface area contributed by atoms with E-state index in [0.717, 1.165) is 19.4 Å². The second-order valence-electron chi connectivity index (χ2n) is 5.66. The normalized spacial score (nSPS) is 10.3. The second kappa shape index (κ2) is 13.5. The van der Waals surface area contributed by atoms with Crippen LogP contribution in [0, 0.1) is 0 Å². The highest BCUT2D eigenvalue weighted by Gasteiger charge is 2.20. The van der Waals surface area contributed by atoms with Gasteiger partial charge >= 0.3 is 0 Å². The van der Waals surface area contributed by atoms with Crippen molar-refractivity contribution in [3.63, 3.8) is 0 Å². The quantitative estimate of drug-likeness (QED) is 0.458. The summed E-state index contributed by atoms with van der Waals surface area (Å²) in [6, 6.07) is 0. The SMILES string of the molecule is C=CCN(CC)C(=O)CN(CCCC)CC(=O)N(CC=C)CC=C. The molecule has 5 nitrogen and oxygen atoms in total. The third-order valence-corrected chi connectivity index (χ3v) is 3.68. The van der Waals surface area contributed by atoms with Crippen LogP contribution in [0.5, 0.6) is 0 Å². The molecule has 0 saturated heterocycles. The molecule has 0 aliphatic heterocycles. The van der Waals surface area contributed by atoms with Crippen LogP contribution in [-0.2, 0) is 9.59 Å². The van der Waals surface area contributed by atoms with Crippen molar-refractivity contribution < 1.29 is 9.59 Å². The molecule has 0 aliphatic carbocycles. The molecule has 24 heavy (non-hydrogen) atoms. The molecule has 0 radical (unpaired) electrons. The van der Waals surface area contributed by atoms with Crippen molar-refractivity contribution in [2.45, 2.75) is 26.7 Å². The van der Waals surface area contributed by atoms with Gasteiger partial charge in [0.2, 0.25) is 11.8 Å². The number of likely N-dealkylation sites (N-methyl/N-ethyl adjacent to an activating group) is 1. The largest absolute Gasteiger partial charge is 0.338 e. The first kappa shape index (κ1) is 22.1. The van der Waals surface area contributed by atoms with E-state index in [0.29, 0.717) is 26.2 Å². The van der Waals surface area contributed by atoms with E-state index in [2.05, 4.69) is 26.7 Å². The summed E-state index contributed by atoms with van der Waals surface area (Å²) >= 11 is 0. The molecule has 0 N–H and O–H groups in total. The van der Waals surface area contributed by atoms with E-state index >= 15 is 0 Å². The van der Waals surface area contributed by atoms with Crippen molar-refractivity contribution in [2.75, 3.05) is 45.8 Å². The van der Waals surface area contributed by atoms with Crippen molar-refractivity contribution in [3.05, 3.63) is 38.0 Å². The van der Waals surface area contributed by atoms with E-state index in [1.54, 1.807) is 28.0 Å². The highest BCUT2D eigenvalue weighted by Crippen LogP contribution is 2.01. The predicted molar refractivity (Wildman–Crippen MR) is 101 cm³/mol. The summed E-state index contributed by atoms with van der Waals surface area (Å²) in [6.07, 6.45) is 7.10. The summed E-state index contributed by atoms with van der Waals surface area (Å²) in [4.78, 5) is 30.3. The monoisotopic (exact) mass is 335 g/mol. The zero-order chi connectivity index (χ0) is 18.4. The molecule has 0 aromatic carbocycles. The Balaban J connectivity index is 4.87. The van der Waals surface area contributed by atoms with E-state index in [1.807, 2.05) is 11.8 Å². The second-order valence-corrected chi connectivity index (χ2v) is 5.66. The molecular weight excluding hydrogens is 302 g/mol. The van der Waals surface area contributed by atoms with Crippen LogP contribution in [0.1, 0.15) is 26.7 Å². The summed E-state index contributed by atoms with van der Waals surface area (Å²) in [7, 11) is 0. The lowest BCUT2D eigenvalue weighted by Crippen LogP contribution is -2.46. The molecule has 0 bridgehead atoms. The molecule has 0 aromatic rings. The number of rotatable bonds is 14. The molecule has 0 fully saturated rings. The molecule has 2 amide bonds. The fraction of sp³-hybridized carbons (Fsp3) is 0.579. The van der Waals surface area contributed by atoms with Crippen molar-refractivity contribution in [1.29, 1.82) is 0 Å². The lowest BCUT2D eigenvalue weighted by molar-refractivity contribution is -0.134. The van der Waals surface area contributed by atoms with Gasteiger partial charge in [-0.15, -0.1) is 19.7 Å². The van der Waals surface area contributed by atoms with Gasteiger partial charge < -0.3 is 9.80 Å². The minimum Gasteiger partial charge on any atom is -0.338 e. The summed E-state index contributed by atoms with van der Waals surface area (Å²) < 4.78 is 0. The minimum atomic E-state index is -0.00882. The van der Waals surface area contributed by atoms with Crippen LogP contribution >= 0.6 is 0 Å². The van der Waals surface area contributed by atoms with Crippen molar-refractivity contribution in [1.82, 2.24) is 14.7 Å². The number of carbonyl (C=O) groups excluding carboxylic acids is 2. The topological polar surface area (TPSA) is 43.9 Å². The number of hydrogen-bond acceptors (Lipinski definition) is 3. The molecule has 0 unspecified atom stereocenters. The fourth-order valence-corrected chi connectivity index (χ4v) is 2.33. The van der Waals surface area contributed by atoms with E-state index < -0.39 is 0 Å². The summed E-state index contributed by atoms with van der Waals surface area (Å²) in [5.74, 6) is 0.0192. The molecule has 0 aromatic heterocycles. The van der Waals surface area contributed by atoms with Crippen molar-refractivity contribution in [2.24, 2.45) is 0 Å². The van der Waals surface area contributed by atoms with Crippen LogP contribution in [-0.4, -0.2) is 72.3 Å². The summed E-state index contributed by atoms with van der Waals surface area (Å²) in [6.45, 7) is 18.5. The average Bonchev–Trinajstić information content (AvgIpc) is 2.56. The molecule has 0 atom stereocenters. The Morgan fingerprint density at radius 2 is 1.29 bits per heavy atom. The average molecular weight is 335 g/mol. The number of unbranched alkanes of at least 4 members (excludes halogenated alkanes) is 1. The first-order chi connectivity index (χ1) is 11.5. The molecule has 0 heterocycles. The van der Waals surface area contributed by atoms with Gasteiger partial charge in [-0.25, -0.2) is 0 Å². The van der Waals surface area contributed by atoms with Crippen LogP contribution in [0.3, 0.4) is 0 Å². The van der Waals surface area contributed by atoms with Gasteiger partial charge in [-0.3, -0.25) is 14.5 Å². The molecule has 0 aliphatic rings. The van der Waals surface area contributed by atoms with Gasteiger partial charge in [0.25, 0.3) is 0 Å². The number of hydrogen-bond donors (Lipinski definition) is 0. The third kappa shape index (κ3) is 8.67. The lowest BCUT2D eigenvalue weighted by atomic mass is 10.3. The number of nitrogens with zero attached hydrogens (tertiary/aromatic N) is 3. The Morgan fingerprint density at radius 1 is 0.833 bits per heavy atom. The highest BCUT2D eigenvalue weighted by atomic mass is 16.2. The maximum atomic E-state index is 12.5. The van der Waals surface area contributed by atoms with Crippen LogP contribution in [0.2, 0.25) is 0 Å². The molecule has 0 spiro atoms. The fourth-order valence-electron chi connectivity index (χ4n) is 2.33. The van der Waals surface area contributed by atoms with Gasteiger partial charge in [0, 0.05) is 26.2 Å². The Morgan fingerprint density at radius 3 is 1.71 bits per heavy atom. The standard InChI is InChI=1S/C19H33N3O2/c1-6-11-15-20(16-18(23)21(10-5)12-7-2)17-19(24)22(13-8-3)14-9-4/h7-9H,2-4,6,10-17H2,1,5H3. The molecule has 0 rings (SSSR count). The third-order valence-electron chi connectivity index (χ3n) is 3.68. The van der Waals surface area contributed by atoms with E-state index in [4.69, 9.17) is 0 Å². The first-order valence-corrected chi connectivity index (χ1v) is 8.64. The van der Waals surface area contributed by atoms with Gasteiger partial charge in [-0.05, 0) is 19.9 Å². The highest BCUT2D eigenvalue weighted by molar-refractivity contribution is 5.81. The van der Waals surface area contributed by atoms with Crippen LogP contribution < -0.4 is 0 Å². The summed E-state index contributed by atoms with van der Waals surface area (Å²) in [5, 5.41) is 0. The molecule has 0 saturated carbocycles. The van der Waals surface area contributed by atoms with Crippen LogP contribution in [0.15, 0.2) is 38.0 Å². The van der Waals surface area contributed by atoms with Gasteiger partial charge in [-0.1, -0.05) is 31.6 Å². The minimum absolute atomic E-state index is 0.00882. The van der Waals surface area contributed by atoms with E-state index in [1.165, 1.54) is 0 Å². The molecule has 5 heteroatoms. The Kier molecular flexibility index (Phi) is 12.5. The first-order valence-electron chi connectivity index (χ1n) is 8.64. The van der Waals surface area contributed by atoms with E-state index in [9.17, 15) is 9.59 Å². The maximum Gasteiger partial charge on any atom is 0.237 e. The van der Waals surface area contributed by atoms with E-state index in [-0.39, 0.29) is 24.9 Å². The Labute approximate surface area is 147 Å². The Hall–Kier alpha value is -1.88. The number of amides is 2. The van der Waals surface area contributed by atoms with Gasteiger partial charge in [-0.2, -0.15) is 0 Å². The van der Waals surface area contributed by atoms with Crippen molar-refractivity contribution >= 4 is 11.8 Å². The molecular formula is C19H33N3O2. The Bertz CT molecular complexity index is 411. The maximum absolute atomic E-state index is 12.5. The van der Waals surface area contributed by atoms with Crippen LogP contribution in [0.4, 0.5) is 0 Å². The lowest BCUT2D eigenvalue weighted by Gasteiger charge is -2.28. The zero-order valence-corrected chi connectivity index (χ0v) is 15.4. The summed E-state index contributed by atoms with van der Waals surface area (Å²) in [5.41, 5.74) is 0. The smallest absolute Gasteiger partial charge is 0.237 e. The van der Waals surface area contributed by atoms with Gasteiger partial charge in [0.05, 0.1) is 13.1 Å². The van der Waals surface area contributed by atoms with Gasteiger partial charge in [0.1, 0.15) is 0 Å². The zero-order valence-electron chi connectivity index (χ0n) is 15.4. The predicted octanol–water partition coefficient (Wildman–Crippen LogP) is 2.32. The van der Waals surface area contributed by atoms with Crippen LogP contribution in [0.25, 0.3) is 0 Å². The van der Waals surface area contributed by atoms with Crippen molar-refractivity contribution in [3.8, 4) is 0 Å².